The molecule has 3 aromatic heterocycles. The van der Waals surface area contributed by atoms with Gasteiger partial charge >= 0.3 is 0 Å². The summed E-state index contributed by atoms with van der Waals surface area (Å²) in [7, 11) is 0. The Hall–Kier alpha value is -2.44. The maximum atomic E-state index is 5.63. The summed E-state index contributed by atoms with van der Waals surface area (Å²) in [5.41, 5.74) is 8.40. The van der Waals surface area contributed by atoms with Gasteiger partial charge in [0.1, 0.15) is 5.69 Å². The summed E-state index contributed by atoms with van der Waals surface area (Å²) in [5.74, 6) is 0.236. The van der Waals surface area contributed by atoms with Crippen molar-refractivity contribution in [2.75, 3.05) is 5.73 Å². The Kier molecular flexibility index (Phi) is 1.67. The van der Waals surface area contributed by atoms with Crippen LogP contribution in [0.3, 0.4) is 0 Å². The lowest BCUT2D eigenvalue weighted by molar-refractivity contribution is 0.310. The molecule has 7 heteroatoms. The van der Waals surface area contributed by atoms with Gasteiger partial charge in [-0.25, -0.2) is 9.61 Å². The molecule has 0 saturated heterocycles. The van der Waals surface area contributed by atoms with Crippen molar-refractivity contribution in [3.8, 4) is 11.4 Å². The molecular formula is C9H8N6O. The van der Waals surface area contributed by atoms with Gasteiger partial charge < -0.3 is 10.1 Å². The summed E-state index contributed by atoms with van der Waals surface area (Å²) >= 11 is 0. The molecule has 3 heterocycles. The van der Waals surface area contributed by atoms with Crippen LogP contribution in [-0.4, -0.2) is 24.7 Å². The van der Waals surface area contributed by atoms with E-state index in [4.69, 9.17) is 5.73 Å². The van der Waals surface area contributed by atoms with Gasteiger partial charge in [0.15, 0.2) is 17.2 Å². The summed E-state index contributed by atoms with van der Waals surface area (Å²) in [4.78, 5) is 8.37. The van der Waals surface area contributed by atoms with Crippen molar-refractivity contribution in [2.24, 2.45) is 0 Å². The monoisotopic (exact) mass is 216 g/mol. The third-order valence-corrected chi connectivity index (χ3v) is 2.41. The van der Waals surface area contributed by atoms with Gasteiger partial charge in [-0.1, -0.05) is 0 Å². The molecule has 3 aromatic rings. The van der Waals surface area contributed by atoms with Gasteiger partial charge in [-0.05, 0) is 17.2 Å². The van der Waals surface area contributed by atoms with Crippen LogP contribution in [-0.2, 0) is 0 Å². The van der Waals surface area contributed by atoms with Crippen molar-refractivity contribution in [3.63, 3.8) is 0 Å². The van der Waals surface area contributed by atoms with Gasteiger partial charge in [-0.2, -0.15) is 0 Å². The van der Waals surface area contributed by atoms with Crippen molar-refractivity contribution < 1.29 is 4.63 Å². The molecule has 0 fully saturated rings. The minimum Gasteiger partial charge on any atom is -0.379 e. The predicted octanol–water partition coefficient (Wildman–Crippen LogP) is 0.670. The van der Waals surface area contributed by atoms with Crippen molar-refractivity contribution >= 4 is 11.5 Å². The molecule has 0 bridgehead atoms. The molecule has 0 atom stereocenters. The molecule has 0 radical (unpaired) electrons. The number of aromatic nitrogens is 5. The van der Waals surface area contributed by atoms with E-state index in [1.807, 2.05) is 17.5 Å². The molecule has 16 heavy (non-hydrogen) atoms. The summed E-state index contributed by atoms with van der Waals surface area (Å²) in [6.45, 7) is 1.92. The van der Waals surface area contributed by atoms with Gasteiger partial charge in [-0.15, -0.1) is 0 Å². The molecule has 2 N–H and O–H groups in total. The van der Waals surface area contributed by atoms with Gasteiger partial charge in [0, 0.05) is 18.1 Å². The van der Waals surface area contributed by atoms with Crippen LogP contribution < -0.4 is 5.73 Å². The Labute approximate surface area is 89.9 Å². The summed E-state index contributed by atoms with van der Waals surface area (Å²) in [5, 5.41) is 7.27. The number of nitrogens with zero attached hydrogens (tertiary/aromatic N) is 5. The molecule has 0 aliphatic rings. The molecule has 0 aliphatic carbocycles. The molecule has 0 spiro atoms. The predicted molar refractivity (Wildman–Crippen MR) is 55.4 cm³/mol. The molecule has 7 nitrogen and oxygen atoms in total. The zero-order valence-corrected chi connectivity index (χ0v) is 8.45. The van der Waals surface area contributed by atoms with Crippen molar-refractivity contribution in [2.45, 2.75) is 6.92 Å². The normalized spacial score (nSPS) is 11.1. The number of hydrogen-bond donors (Lipinski definition) is 1. The third-order valence-electron chi connectivity index (χ3n) is 2.41. The van der Waals surface area contributed by atoms with E-state index in [9.17, 15) is 0 Å². The van der Waals surface area contributed by atoms with Crippen LogP contribution >= 0.6 is 0 Å². The van der Waals surface area contributed by atoms with E-state index in [1.54, 1.807) is 12.4 Å². The fourth-order valence-electron chi connectivity index (χ4n) is 1.61. The first-order chi connectivity index (χ1) is 7.77. The van der Waals surface area contributed by atoms with Crippen LogP contribution in [0.15, 0.2) is 23.2 Å². The first-order valence-electron chi connectivity index (χ1n) is 4.64. The van der Waals surface area contributed by atoms with Crippen LogP contribution in [0.1, 0.15) is 5.69 Å². The van der Waals surface area contributed by atoms with Gasteiger partial charge in [0.25, 0.3) is 0 Å². The average Bonchev–Trinajstić information content (AvgIpc) is 2.84. The van der Waals surface area contributed by atoms with Crippen LogP contribution in [0.5, 0.6) is 0 Å². The minimum atomic E-state index is 0.236. The Morgan fingerprint density at radius 3 is 2.88 bits per heavy atom. The Morgan fingerprint density at radius 1 is 1.31 bits per heavy atom. The number of rotatable bonds is 1. The highest BCUT2D eigenvalue weighted by Crippen LogP contribution is 2.25. The quantitative estimate of drug-likeness (QED) is 0.642. The van der Waals surface area contributed by atoms with Crippen LogP contribution in [0, 0.1) is 6.92 Å². The number of aryl methyl sites for hydroxylation is 1. The Bertz CT molecular complexity index is 655. The van der Waals surface area contributed by atoms with E-state index in [0.29, 0.717) is 11.4 Å². The number of hydrogen-bond acceptors (Lipinski definition) is 6. The zero-order valence-electron chi connectivity index (χ0n) is 8.45. The summed E-state index contributed by atoms with van der Waals surface area (Å²) in [6.07, 6.45) is 5.18. The lowest BCUT2D eigenvalue weighted by Crippen LogP contribution is -1.91. The Morgan fingerprint density at radius 2 is 2.19 bits per heavy atom. The van der Waals surface area contributed by atoms with E-state index >= 15 is 0 Å². The minimum absolute atomic E-state index is 0.236. The van der Waals surface area contributed by atoms with E-state index in [-0.39, 0.29) is 5.82 Å². The highest BCUT2D eigenvalue weighted by atomic mass is 16.6. The van der Waals surface area contributed by atoms with E-state index in [1.165, 1.54) is 0 Å². The van der Waals surface area contributed by atoms with Crippen LogP contribution in [0.4, 0.5) is 5.82 Å². The highest BCUT2D eigenvalue weighted by molar-refractivity contribution is 5.70. The fraction of sp³-hybridized carbons (Fsp3) is 0.111. The van der Waals surface area contributed by atoms with E-state index < -0.39 is 0 Å². The summed E-state index contributed by atoms with van der Waals surface area (Å²) < 4.78 is 6.46. The molecule has 0 saturated carbocycles. The van der Waals surface area contributed by atoms with Crippen LogP contribution in [0.25, 0.3) is 17.0 Å². The first kappa shape index (κ1) is 8.84. The molecule has 3 rings (SSSR count). The van der Waals surface area contributed by atoms with Crippen molar-refractivity contribution in [1.29, 1.82) is 0 Å². The number of anilines is 1. The maximum Gasteiger partial charge on any atom is 0.198 e. The average molecular weight is 216 g/mol. The fourth-order valence-corrected chi connectivity index (χ4v) is 1.61. The maximum absolute atomic E-state index is 5.63. The summed E-state index contributed by atoms with van der Waals surface area (Å²) in [6, 6.07) is 0. The van der Waals surface area contributed by atoms with Crippen LogP contribution in [0.2, 0.25) is 0 Å². The van der Waals surface area contributed by atoms with E-state index in [0.717, 1.165) is 11.3 Å². The highest BCUT2D eigenvalue weighted by Gasteiger charge is 2.17. The number of nitrogen functional groups attached to an aromatic ring is 1. The first-order valence-corrected chi connectivity index (χ1v) is 4.64. The second-order valence-corrected chi connectivity index (χ2v) is 3.35. The number of imidazole rings is 1. The lowest BCUT2D eigenvalue weighted by Gasteiger charge is -1.94. The number of fused-ring (bicyclic) bond motifs is 1. The van der Waals surface area contributed by atoms with Gasteiger partial charge in [0.05, 0.1) is 6.20 Å². The van der Waals surface area contributed by atoms with Gasteiger partial charge in [0.2, 0.25) is 0 Å². The molecule has 80 valence electrons. The largest absolute Gasteiger partial charge is 0.379 e. The second kappa shape index (κ2) is 3.02. The SMILES string of the molecule is Cc1c(-c2nonc2N)nc2cnccn12. The van der Waals surface area contributed by atoms with Crippen molar-refractivity contribution in [1.82, 2.24) is 24.7 Å². The third kappa shape index (κ3) is 1.08. The Balaban J connectivity index is 2.33. The molecule has 0 aromatic carbocycles. The molecule has 0 unspecified atom stereocenters. The topological polar surface area (TPSA) is 95.1 Å². The zero-order chi connectivity index (χ0) is 11.1. The standard InChI is InChI=1S/C9H8N6O/c1-5-7(8-9(10)14-16-13-8)12-6-4-11-2-3-15(5)6/h2-4H,1H3,(H2,10,14). The number of nitrogens with two attached hydrogens (primary N) is 1. The molecular weight excluding hydrogens is 208 g/mol. The smallest absolute Gasteiger partial charge is 0.198 e. The second-order valence-electron chi connectivity index (χ2n) is 3.35. The van der Waals surface area contributed by atoms with E-state index in [2.05, 4.69) is 24.9 Å². The molecule has 0 aliphatic heterocycles. The van der Waals surface area contributed by atoms with Crippen molar-refractivity contribution in [3.05, 3.63) is 24.3 Å². The van der Waals surface area contributed by atoms with Gasteiger partial charge in [-0.3, -0.25) is 4.98 Å². The molecule has 0 amide bonds. The lowest BCUT2D eigenvalue weighted by atomic mass is 10.2.